The van der Waals surface area contributed by atoms with Crippen LogP contribution in [-0.2, 0) is 29.1 Å². The van der Waals surface area contributed by atoms with Gasteiger partial charge in [0.15, 0.2) is 0 Å². The molecule has 0 bridgehead atoms. The molecule has 5 aliphatic rings. The molecule has 3 aliphatic heterocycles. The minimum atomic E-state index is -0.273. The Balaban J connectivity index is 1.05. The summed E-state index contributed by atoms with van der Waals surface area (Å²) < 4.78 is 2.63. The Morgan fingerprint density at radius 2 is 0.817 bits per heavy atom. The molecule has 0 saturated heterocycles. The lowest BCUT2D eigenvalue weighted by molar-refractivity contribution is 0.590. The number of hydrogen-bond donors (Lipinski definition) is 0. The maximum absolute atomic E-state index is 2.78. The third-order valence-electron chi connectivity index (χ3n) is 21.5. The van der Waals surface area contributed by atoms with E-state index >= 15 is 0 Å². The van der Waals surface area contributed by atoms with Crippen LogP contribution in [0.15, 0.2) is 243 Å². The molecule has 4 nitrogen and oxygen atoms in total. The fraction of sp³-hybridized carbons (Fsp3) is 0.227. The maximum Gasteiger partial charge on any atom is 0.252 e. The van der Waals surface area contributed by atoms with Gasteiger partial charge in [-0.25, -0.2) is 0 Å². The number of benzene rings is 11. The second kappa shape index (κ2) is 21.5. The second-order valence-electron chi connectivity index (χ2n) is 30.2. The first-order chi connectivity index (χ1) is 45.1. The summed E-state index contributed by atoms with van der Waals surface area (Å²) >= 11 is 0. The standard InChI is InChI=1S/C88H81BN4/c1-86(2,3)60-48-69(56-28-14-10-15-29-56)84(70(49-60)57-30-16-11-17-31-57)92-79-54-63(90-75-40-24-22-36-65(75)67-38-26-42-77(67)90)44-46-73(79)89-74-47-45-64(91-76-41-25-23-37-66(76)68-39-27-43-78(68)91)55-80(74)93(82-53-62(88(7,8)9)52-81(92)83(82)89)85-71(58-32-18-12-19-33-58)50-61(87(4,5)6)51-72(85)59-34-20-13-21-35-59/h10-25,28-37,40-41,44-55,67,77H,26-27,38-39,42-43H2,1-9H3. The summed E-state index contributed by atoms with van der Waals surface area (Å²) in [6.07, 6.45) is 6.95. The van der Waals surface area contributed by atoms with E-state index < -0.39 is 0 Å². The fourth-order valence-corrected chi connectivity index (χ4v) is 16.9. The molecule has 1 fully saturated rings. The van der Waals surface area contributed by atoms with E-state index in [1.54, 1.807) is 0 Å². The molecule has 0 amide bonds. The lowest BCUT2D eigenvalue weighted by Gasteiger charge is -2.47. The molecule has 1 saturated carbocycles. The molecule has 17 rings (SSSR count). The third-order valence-corrected chi connectivity index (χ3v) is 21.5. The van der Waals surface area contributed by atoms with E-state index in [2.05, 4.69) is 324 Å². The summed E-state index contributed by atoms with van der Waals surface area (Å²) in [7, 11) is 0. The van der Waals surface area contributed by atoms with Crippen LogP contribution in [0.1, 0.15) is 127 Å². The molecule has 12 aromatic rings. The molecule has 0 spiro atoms. The Labute approximate surface area is 550 Å². The van der Waals surface area contributed by atoms with E-state index in [1.807, 2.05) is 0 Å². The minimum Gasteiger partial charge on any atom is -0.337 e. The zero-order chi connectivity index (χ0) is 63.2. The highest BCUT2D eigenvalue weighted by Gasteiger charge is 2.48. The summed E-state index contributed by atoms with van der Waals surface area (Å²) in [6.45, 7) is 21.3. The van der Waals surface area contributed by atoms with Gasteiger partial charge in [-0.15, -0.1) is 0 Å². The number of hydrogen-bond acceptors (Lipinski definition) is 3. The Bertz CT molecular complexity index is 4820. The molecule has 456 valence electrons. The molecule has 5 heteroatoms. The van der Waals surface area contributed by atoms with Crippen molar-refractivity contribution in [3.05, 3.63) is 276 Å². The van der Waals surface area contributed by atoms with Crippen LogP contribution < -0.4 is 31.1 Å². The second-order valence-corrected chi connectivity index (χ2v) is 30.2. The molecular weight excluding hydrogens is 1120 g/mol. The summed E-state index contributed by atoms with van der Waals surface area (Å²) in [5.74, 6) is 0.508. The minimum absolute atomic E-state index is 0.148. The smallest absolute Gasteiger partial charge is 0.252 e. The lowest BCUT2D eigenvalue weighted by Crippen LogP contribution is -2.61. The number of para-hydroxylation sites is 2. The summed E-state index contributed by atoms with van der Waals surface area (Å²) in [5.41, 5.74) is 33.6. The van der Waals surface area contributed by atoms with Crippen molar-refractivity contribution >= 4 is 79.5 Å². The largest absolute Gasteiger partial charge is 0.337 e. The predicted octanol–water partition coefficient (Wildman–Crippen LogP) is 21.6. The first kappa shape index (κ1) is 57.3. The normalized spacial score (nSPS) is 16.3. The number of anilines is 8. The molecule has 0 N–H and O–H groups in total. The molecule has 93 heavy (non-hydrogen) atoms. The zero-order valence-corrected chi connectivity index (χ0v) is 55.4. The van der Waals surface area contributed by atoms with Gasteiger partial charge in [0.25, 0.3) is 6.71 Å². The quantitative estimate of drug-likeness (QED) is 0.141. The van der Waals surface area contributed by atoms with Gasteiger partial charge >= 0.3 is 0 Å². The molecule has 2 atom stereocenters. The first-order valence-electron chi connectivity index (χ1n) is 34.2. The van der Waals surface area contributed by atoms with Gasteiger partial charge in [0.1, 0.15) is 0 Å². The van der Waals surface area contributed by atoms with Crippen molar-refractivity contribution in [1.29, 1.82) is 0 Å². The van der Waals surface area contributed by atoms with Gasteiger partial charge in [-0.1, -0.05) is 239 Å². The van der Waals surface area contributed by atoms with E-state index in [9.17, 15) is 0 Å². The van der Waals surface area contributed by atoms with Crippen molar-refractivity contribution < 1.29 is 0 Å². The fourth-order valence-electron chi connectivity index (χ4n) is 16.9. The number of aryl methyl sites for hydroxylation is 1. The summed E-state index contributed by atoms with van der Waals surface area (Å²) in [6, 6.07) is 94.7. The highest BCUT2D eigenvalue weighted by molar-refractivity contribution is 7.00. The first-order valence-corrected chi connectivity index (χ1v) is 34.2. The van der Waals surface area contributed by atoms with Crippen molar-refractivity contribution in [3.8, 4) is 50.2 Å². The van der Waals surface area contributed by atoms with Crippen molar-refractivity contribution in [1.82, 2.24) is 4.57 Å². The van der Waals surface area contributed by atoms with Crippen LogP contribution in [0.2, 0.25) is 0 Å². The predicted molar refractivity (Wildman–Crippen MR) is 396 cm³/mol. The van der Waals surface area contributed by atoms with E-state index in [4.69, 9.17) is 0 Å². The van der Waals surface area contributed by atoms with Gasteiger partial charge < -0.3 is 19.3 Å². The molecule has 11 aromatic carbocycles. The highest BCUT2D eigenvalue weighted by atomic mass is 15.2. The van der Waals surface area contributed by atoms with Crippen molar-refractivity contribution in [2.24, 2.45) is 0 Å². The van der Waals surface area contributed by atoms with Crippen LogP contribution in [0.3, 0.4) is 0 Å². The SMILES string of the molecule is CC(C)(C)c1cc(-c2ccccc2)c(N2c3cc(N4c5ccccc5C5CCCC54)ccc3B3c4ccc(-n5c6c(c7ccccc75)CCC6)cc4N(c4c(-c5ccccc5)cc(C(C)(C)C)cc4-c4ccccc4)c4cc(C(C)(C)C)cc2c43)c(-c2ccccc2)c1. The van der Waals surface area contributed by atoms with Gasteiger partial charge in [-0.3, -0.25) is 0 Å². The van der Waals surface area contributed by atoms with E-state index in [0.717, 1.165) is 19.3 Å². The molecule has 2 unspecified atom stereocenters. The molecule has 0 radical (unpaired) electrons. The highest BCUT2D eigenvalue weighted by Crippen LogP contribution is 2.58. The number of fused-ring (bicyclic) bond motifs is 10. The van der Waals surface area contributed by atoms with Crippen LogP contribution in [0.4, 0.5) is 45.5 Å². The number of nitrogens with zero attached hydrogens (tertiary/aromatic N) is 4. The zero-order valence-electron chi connectivity index (χ0n) is 55.4. The molecule has 1 aromatic heterocycles. The number of aromatic nitrogens is 1. The van der Waals surface area contributed by atoms with Gasteiger partial charge in [-0.05, 0) is 188 Å². The average Bonchev–Trinajstić information content (AvgIpc) is 1.68. The van der Waals surface area contributed by atoms with Gasteiger partial charge in [-0.2, -0.15) is 0 Å². The molecule has 2 aliphatic carbocycles. The Kier molecular flexibility index (Phi) is 13.3. The van der Waals surface area contributed by atoms with Crippen LogP contribution >= 0.6 is 0 Å². The Hall–Kier alpha value is -9.58. The maximum atomic E-state index is 2.78. The van der Waals surface area contributed by atoms with Crippen molar-refractivity contribution in [2.75, 3.05) is 14.7 Å². The summed E-state index contributed by atoms with van der Waals surface area (Å²) in [5, 5.41) is 1.38. The summed E-state index contributed by atoms with van der Waals surface area (Å²) in [4.78, 5) is 8.29. The van der Waals surface area contributed by atoms with Gasteiger partial charge in [0.2, 0.25) is 0 Å². The topological polar surface area (TPSA) is 14.7 Å². The van der Waals surface area contributed by atoms with Crippen LogP contribution in [-0.4, -0.2) is 17.3 Å². The molecular formula is C88H81BN4. The van der Waals surface area contributed by atoms with E-state index in [-0.39, 0.29) is 23.0 Å². The third kappa shape index (κ3) is 9.22. The Morgan fingerprint density at radius 1 is 0.376 bits per heavy atom. The Morgan fingerprint density at radius 3 is 1.32 bits per heavy atom. The number of rotatable bonds is 8. The average molecular weight is 1210 g/mol. The van der Waals surface area contributed by atoms with E-state index in [0.29, 0.717) is 12.0 Å². The van der Waals surface area contributed by atoms with Crippen molar-refractivity contribution in [3.63, 3.8) is 0 Å². The van der Waals surface area contributed by atoms with Crippen LogP contribution in [0, 0.1) is 0 Å². The van der Waals surface area contributed by atoms with E-state index in [1.165, 1.54) is 176 Å². The van der Waals surface area contributed by atoms with Gasteiger partial charge in [0, 0.05) is 85.1 Å². The van der Waals surface area contributed by atoms with Gasteiger partial charge in [0.05, 0.1) is 16.9 Å². The monoisotopic (exact) mass is 1200 g/mol. The van der Waals surface area contributed by atoms with Crippen LogP contribution in [0.5, 0.6) is 0 Å². The lowest BCUT2D eigenvalue weighted by atomic mass is 9.33. The molecule has 4 heterocycles. The van der Waals surface area contributed by atoms with Crippen molar-refractivity contribution in [2.45, 2.75) is 129 Å². The van der Waals surface area contributed by atoms with Crippen LogP contribution in [0.25, 0.3) is 61.1 Å².